The Hall–Kier alpha value is -0.860. The van der Waals surface area contributed by atoms with Crippen LogP contribution in [0.3, 0.4) is 0 Å². The molecule has 3 heteroatoms. The maximum atomic E-state index is 4.41. The van der Waals surface area contributed by atoms with Crippen molar-refractivity contribution in [1.82, 2.24) is 15.0 Å². The lowest BCUT2D eigenvalue weighted by Crippen LogP contribution is -2.36. The van der Waals surface area contributed by atoms with Gasteiger partial charge in [-0.25, -0.2) is 4.68 Å². The highest BCUT2D eigenvalue weighted by Gasteiger charge is 2.33. The van der Waals surface area contributed by atoms with Crippen molar-refractivity contribution in [3.63, 3.8) is 0 Å². The van der Waals surface area contributed by atoms with Crippen LogP contribution < -0.4 is 0 Å². The second kappa shape index (κ2) is 5.85. The number of hydrogen-bond donors (Lipinski definition) is 0. The molecule has 0 amide bonds. The van der Waals surface area contributed by atoms with Crippen LogP contribution in [0.15, 0.2) is 6.20 Å². The molecule has 3 nitrogen and oxygen atoms in total. The van der Waals surface area contributed by atoms with E-state index in [1.807, 2.05) is 6.20 Å². The first-order valence-electron chi connectivity index (χ1n) is 7.39. The fourth-order valence-corrected chi connectivity index (χ4v) is 2.63. The molecule has 0 aromatic carbocycles. The van der Waals surface area contributed by atoms with Crippen LogP contribution in [0.2, 0.25) is 0 Å². The van der Waals surface area contributed by atoms with Crippen molar-refractivity contribution in [1.29, 1.82) is 0 Å². The summed E-state index contributed by atoms with van der Waals surface area (Å²) in [5.74, 6) is 0. The van der Waals surface area contributed by atoms with Gasteiger partial charge in [-0.2, -0.15) is 0 Å². The molecule has 0 N–H and O–H groups in total. The zero-order valence-corrected chi connectivity index (χ0v) is 13.0. The molecule has 1 aromatic rings. The molecule has 0 spiro atoms. The van der Waals surface area contributed by atoms with E-state index in [1.54, 1.807) is 0 Å². The second-order valence-electron chi connectivity index (χ2n) is 5.90. The lowest BCUT2D eigenvalue weighted by molar-refractivity contribution is 0.222. The predicted molar refractivity (Wildman–Crippen MR) is 76.8 cm³/mol. The molecule has 0 saturated carbocycles. The Labute approximate surface area is 112 Å². The molecular weight excluding hydrogens is 222 g/mol. The lowest BCUT2D eigenvalue weighted by atomic mass is 9.80. The van der Waals surface area contributed by atoms with Crippen LogP contribution in [0.25, 0.3) is 0 Å². The monoisotopic (exact) mass is 251 g/mol. The molecule has 104 valence electrons. The highest BCUT2D eigenvalue weighted by molar-refractivity contribution is 5.13. The number of rotatable bonds is 7. The summed E-state index contributed by atoms with van der Waals surface area (Å²) in [6, 6.07) is 0. The lowest BCUT2D eigenvalue weighted by Gasteiger charge is -2.35. The molecule has 0 aliphatic rings. The smallest absolute Gasteiger partial charge is 0.0731 e. The number of nitrogens with zero attached hydrogens (tertiary/aromatic N) is 3. The van der Waals surface area contributed by atoms with Crippen LogP contribution in [0.1, 0.15) is 79.3 Å². The van der Waals surface area contributed by atoms with Crippen LogP contribution in [-0.2, 0) is 11.0 Å². The van der Waals surface area contributed by atoms with Crippen molar-refractivity contribution in [3.8, 4) is 0 Å². The van der Waals surface area contributed by atoms with Gasteiger partial charge in [-0.1, -0.05) is 46.3 Å². The third-order valence-corrected chi connectivity index (χ3v) is 4.79. The Kier molecular flexibility index (Phi) is 4.94. The Morgan fingerprint density at radius 2 is 1.67 bits per heavy atom. The van der Waals surface area contributed by atoms with Crippen molar-refractivity contribution in [3.05, 3.63) is 11.9 Å². The Balaban J connectivity index is 3.23. The van der Waals surface area contributed by atoms with Crippen molar-refractivity contribution in [2.24, 2.45) is 0 Å². The Morgan fingerprint density at radius 1 is 1.06 bits per heavy atom. The van der Waals surface area contributed by atoms with Crippen molar-refractivity contribution in [2.75, 3.05) is 0 Å². The van der Waals surface area contributed by atoms with Gasteiger partial charge < -0.3 is 0 Å². The molecule has 1 heterocycles. The van der Waals surface area contributed by atoms with Crippen molar-refractivity contribution >= 4 is 0 Å². The summed E-state index contributed by atoms with van der Waals surface area (Å²) in [7, 11) is 0. The average molecular weight is 251 g/mol. The zero-order valence-electron chi connectivity index (χ0n) is 13.0. The molecule has 1 rings (SSSR count). The maximum Gasteiger partial charge on any atom is 0.0731 e. The summed E-state index contributed by atoms with van der Waals surface area (Å²) in [6.07, 6.45) is 7.66. The minimum absolute atomic E-state index is 0.103. The molecule has 0 radical (unpaired) electrons. The summed E-state index contributed by atoms with van der Waals surface area (Å²) in [4.78, 5) is 0. The highest BCUT2D eigenvalue weighted by Crippen LogP contribution is 2.35. The fraction of sp³-hybridized carbons (Fsp3) is 0.867. The van der Waals surface area contributed by atoms with E-state index in [4.69, 9.17) is 0 Å². The van der Waals surface area contributed by atoms with Crippen LogP contribution in [-0.4, -0.2) is 15.0 Å². The molecule has 0 aliphatic carbocycles. The van der Waals surface area contributed by atoms with Crippen molar-refractivity contribution in [2.45, 2.75) is 84.6 Å². The summed E-state index contributed by atoms with van der Waals surface area (Å²) >= 11 is 0. The first-order valence-corrected chi connectivity index (χ1v) is 7.39. The predicted octanol–water partition coefficient (Wildman–Crippen LogP) is 4.28. The van der Waals surface area contributed by atoms with Crippen molar-refractivity contribution < 1.29 is 0 Å². The van der Waals surface area contributed by atoms with Gasteiger partial charge in [0, 0.05) is 5.41 Å². The van der Waals surface area contributed by atoms with Gasteiger partial charge >= 0.3 is 0 Å². The molecule has 1 aromatic heterocycles. The van der Waals surface area contributed by atoms with E-state index in [1.165, 1.54) is 12.1 Å². The topological polar surface area (TPSA) is 30.7 Å². The summed E-state index contributed by atoms with van der Waals surface area (Å²) in [6.45, 7) is 13.6. The fourth-order valence-electron chi connectivity index (χ4n) is 2.63. The maximum absolute atomic E-state index is 4.41. The van der Waals surface area contributed by atoms with E-state index in [9.17, 15) is 0 Å². The van der Waals surface area contributed by atoms with Gasteiger partial charge in [0.15, 0.2) is 0 Å². The molecular formula is C15H29N3. The van der Waals surface area contributed by atoms with Crippen LogP contribution in [0, 0.1) is 0 Å². The first-order chi connectivity index (χ1) is 8.47. The largest absolute Gasteiger partial charge is 0.243 e. The van der Waals surface area contributed by atoms with E-state index in [0.717, 1.165) is 25.7 Å². The number of hydrogen-bond acceptors (Lipinski definition) is 2. The van der Waals surface area contributed by atoms with Crippen LogP contribution in [0.4, 0.5) is 0 Å². The van der Waals surface area contributed by atoms with Gasteiger partial charge in [0.05, 0.1) is 17.4 Å². The minimum atomic E-state index is 0.103. The first kappa shape index (κ1) is 15.2. The molecule has 18 heavy (non-hydrogen) atoms. The standard InChI is InChI=1S/C15H29N3/c1-7-11-15(6,10-4)18-13(12-16-17-18)14(5,8-2)9-3/h12H,7-11H2,1-6H3. The SMILES string of the molecule is CCCC(C)(CC)n1nncc1C(C)(CC)CC. The van der Waals surface area contributed by atoms with Gasteiger partial charge in [-0.15, -0.1) is 5.10 Å². The highest BCUT2D eigenvalue weighted by atomic mass is 15.5. The second-order valence-corrected chi connectivity index (χ2v) is 5.90. The van der Waals surface area contributed by atoms with E-state index in [2.05, 4.69) is 56.5 Å². The van der Waals surface area contributed by atoms with E-state index < -0.39 is 0 Å². The normalized spacial score (nSPS) is 15.7. The number of aromatic nitrogens is 3. The molecule has 1 unspecified atom stereocenters. The van der Waals surface area contributed by atoms with Gasteiger partial charge in [-0.3, -0.25) is 0 Å². The summed E-state index contributed by atoms with van der Waals surface area (Å²) < 4.78 is 2.20. The average Bonchev–Trinajstić information content (AvgIpc) is 2.88. The van der Waals surface area contributed by atoms with Gasteiger partial charge in [-0.05, 0) is 32.6 Å². The molecule has 1 atom stereocenters. The summed E-state index contributed by atoms with van der Waals surface area (Å²) in [5.41, 5.74) is 1.59. The van der Waals surface area contributed by atoms with E-state index >= 15 is 0 Å². The van der Waals surface area contributed by atoms with Gasteiger partial charge in [0.2, 0.25) is 0 Å². The third kappa shape index (κ3) is 2.60. The Bertz CT molecular complexity index is 366. The molecule has 0 saturated heterocycles. The minimum Gasteiger partial charge on any atom is -0.243 e. The van der Waals surface area contributed by atoms with E-state index in [-0.39, 0.29) is 11.0 Å². The molecule has 0 fully saturated rings. The van der Waals surface area contributed by atoms with E-state index in [0.29, 0.717) is 0 Å². The molecule has 0 bridgehead atoms. The summed E-state index contributed by atoms with van der Waals surface area (Å²) in [5, 5.41) is 8.60. The quantitative estimate of drug-likeness (QED) is 0.724. The third-order valence-electron chi connectivity index (χ3n) is 4.79. The van der Waals surface area contributed by atoms with Gasteiger partial charge in [0.25, 0.3) is 0 Å². The Morgan fingerprint density at radius 3 is 2.11 bits per heavy atom. The zero-order chi connectivity index (χ0) is 13.8. The van der Waals surface area contributed by atoms with Crippen LogP contribution in [0.5, 0.6) is 0 Å². The molecule has 0 aliphatic heterocycles. The van der Waals surface area contributed by atoms with Gasteiger partial charge in [0.1, 0.15) is 0 Å². The van der Waals surface area contributed by atoms with Crippen LogP contribution >= 0.6 is 0 Å².